The van der Waals surface area contributed by atoms with Gasteiger partial charge in [-0.2, -0.15) is 0 Å². The summed E-state index contributed by atoms with van der Waals surface area (Å²) in [5.41, 5.74) is -0.365. The summed E-state index contributed by atoms with van der Waals surface area (Å²) in [5.74, 6) is -1.03. The largest absolute Gasteiger partial charge is 0.455 e. The van der Waals surface area contributed by atoms with E-state index in [-0.39, 0.29) is 0 Å². The van der Waals surface area contributed by atoms with Crippen LogP contribution in [0.15, 0.2) is 24.3 Å². The lowest BCUT2D eigenvalue weighted by atomic mass is 9.98. The first-order valence-corrected chi connectivity index (χ1v) is 8.62. The number of alkyl carbamates (subject to hydrolysis) is 1. The third-order valence-electron chi connectivity index (χ3n) is 3.30. The summed E-state index contributed by atoms with van der Waals surface area (Å²) in [7, 11) is 0. The third-order valence-corrected chi connectivity index (χ3v) is 3.30. The van der Waals surface area contributed by atoms with Gasteiger partial charge in [0.05, 0.1) is 0 Å². The Morgan fingerprint density at radius 2 is 1.48 bits per heavy atom. The quantitative estimate of drug-likeness (QED) is 0.475. The standard InChI is InChI=1S/C19H28N2O6/c1-12-8-10-13(11-9-12)14(20-17(23)27-19(5,6)7)15(21(24)25)16(22)26-18(2,3)4/h8-11,14-15H,1-7H3,(H,20,23)/t14-,15+/m1/s1. The summed E-state index contributed by atoms with van der Waals surface area (Å²) in [6.45, 7) is 11.7. The van der Waals surface area contributed by atoms with Crippen LogP contribution in [-0.4, -0.2) is 34.2 Å². The Bertz CT molecular complexity index is 686. The van der Waals surface area contributed by atoms with Gasteiger partial charge in [-0.25, -0.2) is 9.59 Å². The normalized spacial score (nSPS) is 14.0. The first-order chi connectivity index (χ1) is 12.2. The van der Waals surface area contributed by atoms with Crippen molar-refractivity contribution >= 4 is 12.1 Å². The Morgan fingerprint density at radius 1 is 1.00 bits per heavy atom. The molecule has 8 heteroatoms. The number of nitro groups is 1. The molecule has 0 fully saturated rings. The zero-order valence-corrected chi connectivity index (χ0v) is 16.9. The van der Waals surface area contributed by atoms with Crippen molar-refractivity contribution in [1.82, 2.24) is 5.32 Å². The molecule has 1 rings (SSSR count). The number of nitrogens with zero attached hydrogens (tertiary/aromatic N) is 1. The van der Waals surface area contributed by atoms with Crippen molar-refractivity contribution in [2.75, 3.05) is 0 Å². The molecule has 1 N–H and O–H groups in total. The summed E-state index contributed by atoms with van der Waals surface area (Å²) in [6, 6.07) is 3.66. The van der Waals surface area contributed by atoms with Crippen LogP contribution in [0, 0.1) is 17.0 Å². The van der Waals surface area contributed by atoms with Gasteiger partial charge in [0.1, 0.15) is 17.2 Å². The Balaban J connectivity index is 3.27. The Hall–Kier alpha value is -2.64. The highest BCUT2D eigenvalue weighted by molar-refractivity contribution is 5.78. The molecule has 8 nitrogen and oxygen atoms in total. The molecule has 27 heavy (non-hydrogen) atoms. The van der Waals surface area contributed by atoms with Gasteiger partial charge in [0.2, 0.25) is 0 Å². The number of carbonyl (C=O) groups excluding carboxylic acids is 2. The Kier molecular flexibility index (Phi) is 6.94. The zero-order chi connectivity index (χ0) is 21.0. The van der Waals surface area contributed by atoms with Crippen molar-refractivity contribution in [2.24, 2.45) is 0 Å². The molecule has 0 aliphatic carbocycles. The predicted octanol–water partition coefficient (Wildman–Crippen LogP) is 3.55. The van der Waals surface area contributed by atoms with E-state index in [1.54, 1.807) is 65.8 Å². The number of ether oxygens (including phenoxy) is 2. The molecule has 0 heterocycles. The molecule has 1 aromatic carbocycles. The van der Waals surface area contributed by atoms with Gasteiger partial charge in [0, 0.05) is 4.92 Å². The second-order valence-corrected chi connectivity index (χ2v) is 8.30. The lowest BCUT2D eigenvalue weighted by molar-refractivity contribution is -0.516. The number of aryl methyl sites for hydroxylation is 1. The van der Waals surface area contributed by atoms with Crippen LogP contribution < -0.4 is 5.32 Å². The highest BCUT2D eigenvalue weighted by Crippen LogP contribution is 2.23. The molecular formula is C19H28N2O6. The minimum Gasteiger partial charge on any atom is -0.455 e. The zero-order valence-electron chi connectivity index (χ0n) is 16.9. The van der Waals surface area contributed by atoms with Crippen molar-refractivity contribution in [3.8, 4) is 0 Å². The highest BCUT2D eigenvalue weighted by atomic mass is 16.6. The van der Waals surface area contributed by atoms with Gasteiger partial charge < -0.3 is 14.8 Å². The Morgan fingerprint density at radius 3 is 1.89 bits per heavy atom. The molecule has 0 radical (unpaired) electrons. The lowest BCUT2D eigenvalue weighted by Crippen LogP contribution is -2.48. The molecular weight excluding hydrogens is 352 g/mol. The minimum atomic E-state index is -1.82. The maximum absolute atomic E-state index is 12.5. The fourth-order valence-electron chi connectivity index (χ4n) is 2.26. The lowest BCUT2D eigenvalue weighted by Gasteiger charge is -2.27. The highest BCUT2D eigenvalue weighted by Gasteiger charge is 2.44. The van der Waals surface area contributed by atoms with E-state index < -0.39 is 40.3 Å². The van der Waals surface area contributed by atoms with E-state index in [0.717, 1.165) is 5.56 Å². The van der Waals surface area contributed by atoms with Gasteiger partial charge in [-0.1, -0.05) is 29.8 Å². The molecule has 0 unspecified atom stereocenters. The molecule has 0 saturated carbocycles. The van der Waals surface area contributed by atoms with E-state index in [0.29, 0.717) is 5.56 Å². The van der Waals surface area contributed by atoms with E-state index in [1.807, 2.05) is 6.92 Å². The Labute approximate surface area is 159 Å². The van der Waals surface area contributed by atoms with E-state index in [2.05, 4.69) is 5.32 Å². The van der Waals surface area contributed by atoms with Crippen LogP contribution in [0.25, 0.3) is 0 Å². The second-order valence-electron chi connectivity index (χ2n) is 8.30. The number of nitrogens with one attached hydrogen (secondary N) is 1. The molecule has 1 amide bonds. The van der Waals surface area contributed by atoms with Crippen molar-refractivity contribution in [2.45, 2.75) is 71.8 Å². The van der Waals surface area contributed by atoms with Crippen LogP contribution in [-0.2, 0) is 14.3 Å². The fourth-order valence-corrected chi connectivity index (χ4v) is 2.26. The molecule has 0 aliphatic rings. The molecule has 0 bridgehead atoms. The van der Waals surface area contributed by atoms with Gasteiger partial charge in [-0.3, -0.25) is 10.1 Å². The van der Waals surface area contributed by atoms with Crippen LogP contribution in [0.1, 0.15) is 58.7 Å². The first kappa shape index (κ1) is 22.4. The number of hydrogen-bond acceptors (Lipinski definition) is 6. The van der Waals surface area contributed by atoms with Crippen LogP contribution >= 0.6 is 0 Å². The number of hydrogen-bond donors (Lipinski definition) is 1. The maximum Gasteiger partial charge on any atom is 0.408 e. The number of carbonyl (C=O) groups is 2. The third kappa shape index (κ3) is 7.64. The van der Waals surface area contributed by atoms with E-state index in [1.165, 1.54) is 0 Å². The number of rotatable bonds is 5. The summed E-state index contributed by atoms with van der Waals surface area (Å²) in [5, 5.41) is 14.1. The van der Waals surface area contributed by atoms with Gasteiger partial charge in [0.15, 0.2) is 0 Å². The predicted molar refractivity (Wildman–Crippen MR) is 99.9 cm³/mol. The first-order valence-electron chi connectivity index (χ1n) is 8.62. The van der Waals surface area contributed by atoms with Crippen molar-refractivity contribution < 1.29 is 24.0 Å². The van der Waals surface area contributed by atoms with Crippen molar-refractivity contribution in [3.63, 3.8) is 0 Å². The number of benzene rings is 1. The molecule has 0 spiro atoms. The van der Waals surface area contributed by atoms with Crippen LogP contribution in [0.2, 0.25) is 0 Å². The maximum atomic E-state index is 12.5. The number of amides is 1. The molecule has 2 atom stereocenters. The SMILES string of the molecule is Cc1ccc([C@@H](NC(=O)OC(C)(C)C)[C@@H](C(=O)OC(C)(C)C)[N+](=O)[O-])cc1. The van der Waals surface area contributed by atoms with Crippen molar-refractivity contribution in [1.29, 1.82) is 0 Å². The summed E-state index contributed by atoms with van der Waals surface area (Å²) in [6.07, 6.45) is -0.858. The van der Waals surface area contributed by atoms with Gasteiger partial charge in [-0.05, 0) is 54.0 Å². The molecule has 0 aromatic heterocycles. The van der Waals surface area contributed by atoms with Crippen LogP contribution in [0.4, 0.5) is 4.79 Å². The van der Waals surface area contributed by atoms with Gasteiger partial charge in [0.25, 0.3) is 0 Å². The van der Waals surface area contributed by atoms with Gasteiger partial charge >= 0.3 is 18.1 Å². The number of esters is 1. The fraction of sp³-hybridized carbons (Fsp3) is 0.579. The van der Waals surface area contributed by atoms with Gasteiger partial charge in [-0.15, -0.1) is 0 Å². The van der Waals surface area contributed by atoms with E-state index in [4.69, 9.17) is 9.47 Å². The van der Waals surface area contributed by atoms with E-state index >= 15 is 0 Å². The summed E-state index contributed by atoms with van der Waals surface area (Å²) >= 11 is 0. The molecule has 150 valence electrons. The summed E-state index contributed by atoms with van der Waals surface area (Å²) in [4.78, 5) is 35.7. The van der Waals surface area contributed by atoms with Crippen molar-refractivity contribution in [3.05, 3.63) is 45.5 Å². The topological polar surface area (TPSA) is 108 Å². The van der Waals surface area contributed by atoms with Crippen LogP contribution in [0.5, 0.6) is 0 Å². The molecule has 1 aromatic rings. The van der Waals surface area contributed by atoms with E-state index in [9.17, 15) is 19.7 Å². The average Bonchev–Trinajstić information content (AvgIpc) is 2.42. The molecule has 0 aliphatic heterocycles. The van der Waals surface area contributed by atoms with Crippen LogP contribution in [0.3, 0.4) is 0 Å². The second kappa shape index (κ2) is 8.37. The minimum absolute atomic E-state index is 0.402. The smallest absolute Gasteiger partial charge is 0.408 e. The molecule has 0 saturated heterocycles. The monoisotopic (exact) mass is 380 g/mol. The summed E-state index contributed by atoms with van der Waals surface area (Å²) < 4.78 is 10.4. The average molecular weight is 380 g/mol.